The fourth-order valence-electron chi connectivity index (χ4n) is 10.8. The van der Waals surface area contributed by atoms with Crippen LogP contribution < -0.4 is 73.7 Å². The number of carbonyl (C=O) groups is 8. The van der Waals surface area contributed by atoms with Gasteiger partial charge in [0.2, 0.25) is 29.5 Å². The number of guanidine groups is 4. The summed E-state index contributed by atoms with van der Waals surface area (Å²) in [4.78, 5) is 138. The molecule has 0 saturated carbocycles. The first-order valence-corrected chi connectivity index (χ1v) is 32.4. The molecule has 30 nitrogen and oxygen atoms in total. The second-order valence-corrected chi connectivity index (χ2v) is 23.4. The van der Waals surface area contributed by atoms with Crippen LogP contribution in [0.25, 0.3) is 0 Å². The van der Waals surface area contributed by atoms with Gasteiger partial charge in [-0.05, 0) is 141 Å². The van der Waals surface area contributed by atoms with Gasteiger partial charge < -0.3 is 93.3 Å². The van der Waals surface area contributed by atoms with Crippen LogP contribution in [-0.4, -0.2) is 225 Å². The van der Waals surface area contributed by atoms with E-state index in [1.54, 1.807) is 37.3 Å². The number of carbonyl (C=O) groups excluding carboxylic acids is 8. The maximum absolute atomic E-state index is 14.8. The molecule has 514 valence electrons. The van der Waals surface area contributed by atoms with Crippen LogP contribution in [0.3, 0.4) is 0 Å². The number of hydrogen-bond acceptors (Lipinski definition) is 17. The lowest BCUT2D eigenvalue weighted by Crippen LogP contribution is -2.51. The average Bonchev–Trinajstić information content (AvgIpc) is 3.17. The Hall–Kier alpha value is -7.54. The number of hydrogen-bond donors (Lipinski definition) is 13. The van der Waals surface area contributed by atoms with Crippen molar-refractivity contribution in [2.45, 2.75) is 148 Å². The first kappa shape index (κ1) is 79.6. The van der Waals surface area contributed by atoms with Crippen LogP contribution in [0.5, 0.6) is 0 Å². The maximum atomic E-state index is 14.8. The number of rotatable bonds is 52. The van der Waals surface area contributed by atoms with E-state index in [0.29, 0.717) is 96.2 Å². The molecule has 1 fully saturated rings. The molecule has 5 amide bonds. The molecule has 4 atom stereocenters. The highest BCUT2D eigenvalue weighted by atomic mass is 16.2. The van der Waals surface area contributed by atoms with Crippen molar-refractivity contribution in [2.24, 2.45) is 94.9 Å². The molecule has 0 spiro atoms. The number of likely N-dealkylation sites (tertiary alicyclic amines) is 1. The summed E-state index contributed by atoms with van der Waals surface area (Å²) in [5.74, 6) is -4.85. The lowest BCUT2D eigenvalue weighted by molar-refractivity contribution is -0.146. The van der Waals surface area contributed by atoms with E-state index in [1.807, 2.05) is 0 Å². The zero-order valence-corrected chi connectivity index (χ0v) is 54.2. The predicted octanol–water partition coefficient (Wildman–Crippen LogP) is -2.40. The number of ketones is 3. The van der Waals surface area contributed by atoms with Gasteiger partial charge in [-0.15, -0.1) is 0 Å². The molecule has 0 aromatic heterocycles. The van der Waals surface area contributed by atoms with Crippen LogP contribution in [0.15, 0.2) is 50.3 Å². The van der Waals surface area contributed by atoms with Crippen molar-refractivity contribution in [1.29, 1.82) is 0 Å². The number of benzene rings is 1. The van der Waals surface area contributed by atoms with Crippen LogP contribution in [0.2, 0.25) is 0 Å². The third-order valence-electron chi connectivity index (χ3n) is 15.6. The highest BCUT2D eigenvalue weighted by Gasteiger charge is 2.34. The summed E-state index contributed by atoms with van der Waals surface area (Å²) >= 11 is 0. The van der Waals surface area contributed by atoms with Gasteiger partial charge >= 0.3 is 0 Å². The zero-order valence-electron chi connectivity index (χ0n) is 54.2. The minimum atomic E-state index is -0.914. The molecule has 0 bridgehead atoms. The van der Waals surface area contributed by atoms with E-state index in [-0.39, 0.29) is 138 Å². The maximum Gasteiger partial charge on any atom is 0.242 e. The quantitative estimate of drug-likeness (QED) is 0.0184. The topological polar surface area (TPSA) is 512 Å². The molecular formula is C61H112N22O8. The van der Waals surface area contributed by atoms with Gasteiger partial charge in [0.1, 0.15) is 12.3 Å². The van der Waals surface area contributed by atoms with E-state index < -0.39 is 67.6 Å². The van der Waals surface area contributed by atoms with Crippen LogP contribution in [0.1, 0.15) is 134 Å². The van der Waals surface area contributed by atoms with Gasteiger partial charge in [0.15, 0.2) is 35.4 Å². The number of nitrogens with zero attached hydrogens (tertiary/aromatic N) is 9. The molecule has 1 saturated heterocycles. The minimum Gasteiger partial charge on any atom is -0.370 e. The molecule has 30 heteroatoms. The molecule has 1 aromatic rings. The zero-order chi connectivity index (χ0) is 67.3. The van der Waals surface area contributed by atoms with Gasteiger partial charge in [-0.2, -0.15) is 0 Å². The van der Waals surface area contributed by atoms with E-state index >= 15 is 0 Å². The molecule has 2 rings (SSSR count). The second-order valence-electron chi connectivity index (χ2n) is 23.4. The molecule has 24 N–H and O–H groups in total. The van der Waals surface area contributed by atoms with E-state index in [9.17, 15) is 38.4 Å². The highest BCUT2D eigenvalue weighted by molar-refractivity contribution is 5.94. The largest absolute Gasteiger partial charge is 0.370 e. The Kier molecular flexibility index (Phi) is 41.4. The van der Waals surface area contributed by atoms with Gasteiger partial charge in [-0.25, -0.2) is 0 Å². The van der Waals surface area contributed by atoms with Crippen molar-refractivity contribution < 1.29 is 38.4 Å². The highest BCUT2D eigenvalue weighted by Crippen LogP contribution is 2.25. The number of amides is 5. The molecule has 1 heterocycles. The number of aliphatic imine (C=N–C) groups is 4. The number of nitrogens with two attached hydrogens (primary N) is 11. The molecule has 0 unspecified atom stereocenters. The molecule has 1 aliphatic rings. The van der Waals surface area contributed by atoms with Crippen molar-refractivity contribution in [3.8, 4) is 0 Å². The Morgan fingerprint density at radius 2 is 1.03 bits per heavy atom. The molecule has 0 radical (unpaired) electrons. The number of unbranched alkanes of at least 4 members (excludes halogenated alkanes) is 5. The molecule has 0 aliphatic carbocycles. The lowest BCUT2D eigenvalue weighted by atomic mass is 9.90. The van der Waals surface area contributed by atoms with Gasteiger partial charge in [0, 0.05) is 77.7 Å². The molecular weight excluding hydrogens is 1170 g/mol. The van der Waals surface area contributed by atoms with Gasteiger partial charge in [0.05, 0.1) is 38.3 Å². The summed E-state index contributed by atoms with van der Waals surface area (Å²) in [5, 5.41) is 6.18. The van der Waals surface area contributed by atoms with E-state index in [4.69, 9.17) is 63.1 Å². The first-order valence-electron chi connectivity index (χ1n) is 32.4. The Bertz CT molecular complexity index is 2450. The Balaban J connectivity index is 2.54. The van der Waals surface area contributed by atoms with Crippen molar-refractivity contribution >= 4 is 70.7 Å². The number of Topliss-reactive ketones (excluding diaryl/α,β-unsaturated/α-hetero) is 3. The smallest absolute Gasteiger partial charge is 0.242 e. The summed E-state index contributed by atoms with van der Waals surface area (Å²) in [6, 6.07) is 7.77. The van der Waals surface area contributed by atoms with Crippen LogP contribution in [0.4, 0.5) is 0 Å². The Labute approximate surface area is 538 Å². The summed E-state index contributed by atoms with van der Waals surface area (Å²) in [6.07, 6.45) is 9.74. The Morgan fingerprint density at radius 1 is 0.549 bits per heavy atom. The van der Waals surface area contributed by atoms with Crippen LogP contribution in [0, 0.1) is 11.8 Å². The molecule has 91 heavy (non-hydrogen) atoms. The molecule has 1 aliphatic heterocycles. The van der Waals surface area contributed by atoms with Crippen molar-refractivity contribution in [2.75, 3.05) is 118 Å². The summed E-state index contributed by atoms with van der Waals surface area (Å²) in [5.41, 5.74) is 62.9. The van der Waals surface area contributed by atoms with E-state index in [2.05, 4.69) is 35.5 Å². The Morgan fingerprint density at radius 3 is 1.57 bits per heavy atom. The van der Waals surface area contributed by atoms with Gasteiger partial charge in [-0.1, -0.05) is 49.6 Å². The van der Waals surface area contributed by atoms with Gasteiger partial charge in [0.25, 0.3) is 0 Å². The third kappa shape index (κ3) is 36.2. The lowest BCUT2D eigenvalue weighted by Gasteiger charge is -2.31. The van der Waals surface area contributed by atoms with Gasteiger partial charge in [-0.3, -0.25) is 63.2 Å². The fourth-order valence-corrected chi connectivity index (χ4v) is 10.8. The standard InChI is InChI=1S/C61H112N22O8/c1-45(84)51-23-14-32-79(51)40-47(20-13-28-74-58(65)66)36-52(86)50(22-8-11-26-64)78-57(91)48(21-7-10-25-63)37-49(85)41-80(33-15-29-75-59(67)68)55(89)44-83(39-46-18-5-4-6-19-46)56(90)43-82(35-17-31-77-61(71)72)54(88)42-81(34-16-30-76-60(69)70)53(87)38-73-27-12-3-2-9-24-62/h4-6,18-19,47-48,50-51,73H,2-3,7-17,20-44,62-64H2,1H3,(H,78,91)(H4,65,66,74)(H4,67,68,75)(H4,69,70,76)(H4,71,72,77)/t47-,48-,50+,51-/m0/s1. The van der Waals surface area contributed by atoms with E-state index in [1.165, 1.54) is 19.6 Å². The minimum absolute atomic E-state index is 0.0106. The third-order valence-corrected chi connectivity index (χ3v) is 15.6. The van der Waals surface area contributed by atoms with Crippen molar-refractivity contribution in [3.63, 3.8) is 0 Å². The predicted molar refractivity (Wildman–Crippen MR) is 357 cm³/mol. The number of nitrogens with one attached hydrogen (secondary N) is 2. The SMILES string of the molecule is CC(=O)[C@@H]1CCCN1C[C@@H](CCCN=C(N)N)CC(=O)[C@@H](CCCCN)NC(=O)[C@@H](CCCCN)CC(=O)CN(CCCN=C(N)N)C(=O)CN(Cc1ccccc1)C(=O)CN(CCCN=C(N)N)C(=O)CN(CCCN=C(N)N)C(=O)CNCCCCCCN. The summed E-state index contributed by atoms with van der Waals surface area (Å²) in [6.45, 7) is 3.47. The summed E-state index contributed by atoms with van der Waals surface area (Å²) < 4.78 is 0. The molecule has 1 aromatic carbocycles. The second kappa shape index (κ2) is 47.4. The average molecular weight is 1280 g/mol. The van der Waals surface area contributed by atoms with Crippen molar-refractivity contribution in [3.05, 3.63) is 35.9 Å². The van der Waals surface area contributed by atoms with Crippen molar-refractivity contribution in [1.82, 2.24) is 35.1 Å². The van der Waals surface area contributed by atoms with E-state index in [0.717, 1.165) is 45.1 Å². The monoisotopic (exact) mass is 1280 g/mol. The van der Waals surface area contributed by atoms with Crippen LogP contribution >= 0.6 is 0 Å². The normalized spacial score (nSPS) is 13.8. The fraction of sp³-hybridized carbons (Fsp3) is 0.705. The van der Waals surface area contributed by atoms with Crippen LogP contribution in [-0.2, 0) is 44.9 Å². The summed E-state index contributed by atoms with van der Waals surface area (Å²) in [7, 11) is 0. The first-order chi connectivity index (χ1) is 43.6.